The van der Waals surface area contributed by atoms with E-state index in [-0.39, 0.29) is 31.0 Å². The minimum absolute atomic E-state index is 0.00118. The number of nitrogens with one attached hydrogen (secondary N) is 1. The number of allylic oxidation sites excluding steroid dienone is 3. The van der Waals surface area contributed by atoms with Crippen molar-refractivity contribution in [3.8, 4) is 17.2 Å². The zero-order valence-electron chi connectivity index (χ0n) is 22.6. The second-order valence-corrected chi connectivity index (χ2v) is 10.3. The van der Waals surface area contributed by atoms with Gasteiger partial charge in [-0.3, -0.25) is 4.79 Å². The Balaban J connectivity index is 1.72. The summed E-state index contributed by atoms with van der Waals surface area (Å²) < 4.78 is 22.1. The molecule has 1 unspecified atom stereocenters. The van der Waals surface area contributed by atoms with Crippen LogP contribution < -0.4 is 19.5 Å². The SMILES string of the molecule is COc1ccc(COC(=O)C2=C(C)NC3=C(C(=O)CC(C)(C)C3)C2c2ccc(OCCO)c(OC)c2)cc1. The lowest BCUT2D eigenvalue weighted by molar-refractivity contribution is -0.140. The number of benzene rings is 2. The van der Waals surface area contributed by atoms with Crippen molar-refractivity contribution in [2.24, 2.45) is 5.41 Å². The maximum absolute atomic E-state index is 13.6. The second kappa shape index (κ2) is 11.3. The standard InChI is InChI=1S/C30H35NO7/c1-18-26(29(34)38-17-19-6-9-21(35-4)10-7-19)27(28-22(31-18)15-30(2,3)16-23(28)33)20-8-11-24(37-13-12-32)25(14-20)36-5/h6-11,14,27,31-32H,12-13,15-17H2,1-5H3. The Morgan fingerprint density at radius 3 is 2.45 bits per heavy atom. The number of hydrogen-bond donors (Lipinski definition) is 2. The van der Waals surface area contributed by atoms with Crippen LogP contribution in [0.4, 0.5) is 0 Å². The molecule has 1 aliphatic heterocycles. The Morgan fingerprint density at radius 2 is 1.79 bits per heavy atom. The maximum Gasteiger partial charge on any atom is 0.337 e. The van der Waals surface area contributed by atoms with E-state index >= 15 is 0 Å². The van der Waals surface area contributed by atoms with E-state index in [2.05, 4.69) is 19.2 Å². The number of ketones is 1. The Hall–Kier alpha value is -3.78. The molecule has 0 aromatic heterocycles. The van der Waals surface area contributed by atoms with Gasteiger partial charge >= 0.3 is 5.97 Å². The predicted octanol–water partition coefficient (Wildman–Crippen LogP) is 4.42. The summed E-state index contributed by atoms with van der Waals surface area (Å²) in [5.74, 6) is 0.506. The van der Waals surface area contributed by atoms with Crippen LogP contribution in [-0.4, -0.2) is 44.3 Å². The number of rotatable bonds is 9. The first kappa shape index (κ1) is 27.3. The Kier molecular flexibility index (Phi) is 8.11. The van der Waals surface area contributed by atoms with E-state index in [9.17, 15) is 9.59 Å². The quantitative estimate of drug-likeness (QED) is 0.468. The van der Waals surface area contributed by atoms with E-state index in [0.717, 1.165) is 16.8 Å². The third kappa shape index (κ3) is 5.70. The van der Waals surface area contributed by atoms with Crippen LogP contribution in [0.3, 0.4) is 0 Å². The molecule has 0 bridgehead atoms. The molecular weight excluding hydrogens is 486 g/mol. The molecular formula is C30H35NO7. The van der Waals surface area contributed by atoms with Gasteiger partial charge in [-0.25, -0.2) is 4.79 Å². The number of aliphatic hydroxyl groups is 1. The minimum atomic E-state index is -0.626. The highest BCUT2D eigenvalue weighted by Crippen LogP contribution is 2.48. The molecule has 38 heavy (non-hydrogen) atoms. The number of carbonyl (C=O) groups is 2. The van der Waals surface area contributed by atoms with Gasteiger partial charge in [0, 0.05) is 29.3 Å². The average molecular weight is 522 g/mol. The molecule has 0 spiro atoms. The highest BCUT2D eigenvalue weighted by Gasteiger charge is 2.43. The lowest BCUT2D eigenvalue weighted by atomic mass is 9.68. The molecule has 2 N–H and O–H groups in total. The lowest BCUT2D eigenvalue weighted by Crippen LogP contribution is -2.38. The van der Waals surface area contributed by atoms with Gasteiger partial charge in [-0.2, -0.15) is 0 Å². The zero-order valence-corrected chi connectivity index (χ0v) is 22.6. The summed E-state index contributed by atoms with van der Waals surface area (Å²) >= 11 is 0. The van der Waals surface area contributed by atoms with E-state index in [1.54, 1.807) is 19.2 Å². The van der Waals surface area contributed by atoms with Crippen molar-refractivity contribution in [1.29, 1.82) is 0 Å². The fraction of sp³-hybridized carbons (Fsp3) is 0.400. The van der Waals surface area contributed by atoms with Gasteiger partial charge in [0.05, 0.1) is 26.4 Å². The summed E-state index contributed by atoms with van der Waals surface area (Å²) in [7, 11) is 3.12. The van der Waals surface area contributed by atoms with Crippen molar-refractivity contribution in [2.45, 2.75) is 46.1 Å². The fourth-order valence-corrected chi connectivity index (χ4v) is 5.13. The third-order valence-electron chi connectivity index (χ3n) is 6.86. The molecule has 2 aromatic rings. The normalized spacial score (nSPS) is 18.5. The van der Waals surface area contributed by atoms with Crippen molar-refractivity contribution >= 4 is 11.8 Å². The Morgan fingerprint density at radius 1 is 1.05 bits per heavy atom. The molecule has 2 aliphatic rings. The van der Waals surface area contributed by atoms with E-state index < -0.39 is 11.9 Å². The Labute approximate surface area is 223 Å². The van der Waals surface area contributed by atoms with Gasteiger partial charge in [0.25, 0.3) is 0 Å². The van der Waals surface area contributed by atoms with Crippen molar-refractivity contribution in [2.75, 3.05) is 27.4 Å². The zero-order chi connectivity index (χ0) is 27.4. The van der Waals surface area contributed by atoms with Crippen molar-refractivity contribution < 1.29 is 33.6 Å². The van der Waals surface area contributed by atoms with E-state index in [1.165, 1.54) is 7.11 Å². The van der Waals surface area contributed by atoms with Gasteiger partial charge in [-0.05, 0) is 54.2 Å². The molecule has 1 atom stereocenters. The van der Waals surface area contributed by atoms with Crippen LogP contribution in [0.5, 0.6) is 17.2 Å². The van der Waals surface area contributed by atoms with Crippen LogP contribution in [0.2, 0.25) is 0 Å². The van der Waals surface area contributed by atoms with Gasteiger partial charge < -0.3 is 29.4 Å². The molecule has 1 heterocycles. The van der Waals surface area contributed by atoms with Gasteiger partial charge in [0.2, 0.25) is 0 Å². The highest BCUT2D eigenvalue weighted by molar-refractivity contribution is 6.04. The first-order valence-corrected chi connectivity index (χ1v) is 12.6. The molecule has 8 nitrogen and oxygen atoms in total. The first-order chi connectivity index (χ1) is 18.2. The molecule has 4 rings (SSSR count). The minimum Gasteiger partial charge on any atom is -0.497 e. The van der Waals surface area contributed by atoms with E-state index in [4.69, 9.17) is 24.1 Å². The van der Waals surface area contributed by atoms with Gasteiger partial charge in [-0.15, -0.1) is 0 Å². The molecule has 0 saturated heterocycles. The monoisotopic (exact) mass is 521 g/mol. The Bertz CT molecular complexity index is 1270. The van der Waals surface area contributed by atoms with Crippen molar-refractivity contribution in [1.82, 2.24) is 5.32 Å². The molecule has 202 valence electrons. The highest BCUT2D eigenvalue weighted by atomic mass is 16.5. The summed E-state index contributed by atoms with van der Waals surface area (Å²) in [6.45, 7) is 6.04. The number of ether oxygens (including phenoxy) is 4. The predicted molar refractivity (Wildman–Crippen MR) is 142 cm³/mol. The molecule has 0 radical (unpaired) electrons. The number of Topliss-reactive ketones (excluding diaryl/α,β-unsaturated/α-hetero) is 1. The van der Waals surface area contributed by atoms with E-state index in [1.807, 2.05) is 37.3 Å². The average Bonchev–Trinajstić information content (AvgIpc) is 2.89. The van der Waals surface area contributed by atoms with Crippen LogP contribution in [0, 0.1) is 5.41 Å². The van der Waals surface area contributed by atoms with Crippen LogP contribution in [0.15, 0.2) is 65.0 Å². The molecule has 8 heteroatoms. The molecule has 1 aliphatic carbocycles. The molecule has 0 fully saturated rings. The van der Waals surface area contributed by atoms with E-state index in [0.29, 0.717) is 46.9 Å². The lowest BCUT2D eigenvalue weighted by Gasteiger charge is -2.39. The summed E-state index contributed by atoms with van der Waals surface area (Å²) in [6, 6.07) is 12.6. The molecule has 0 saturated carbocycles. The van der Waals surface area contributed by atoms with Gasteiger partial charge in [-0.1, -0.05) is 32.0 Å². The van der Waals surface area contributed by atoms with Gasteiger partial charge in [0.15, 0.2) is 17.3 Å². The number of methoxy groups -OCH3 is 2. The summed E-state index contributed by atoms with van der Waals surface area (Å²) in [5.41, 5.74) is 3.79. The van der Waals surface area contributed by atoms with Crippen LogP contribution >= 0.6 is 0 Å². The fourth-order valence-electron chi connectivity index (χ4n) is 5.13. The van der Waals surface area contributed by atoms with Crippen LogP contribution in [-0.2, 0) is 20.9 Å². The van der Waals surface area contributed by atoms with Crippen molar-refractivity contribution in [3.63, 3.8) is 0 Å². The molecule has 2 aromatic carbocycles. The second-order valence-electron chi connectivity index (χ2n) is 10.3. The summed E-state index contributed by atoms with van der Waals surface area (Å²) in [5, 5.41) is 12.5. The topological polar surface area (TPSA) is 103 Å². The van der Waals surface area contributed by atoms with Crippen molar-refractivity contribution in [3.05, 3.63) is 76.1 Å². The summed E-state index contributed by atoms with van der Waals surface area (Å²) in [6.07, 6.45) is 1.07. The van der Waals surface area contributed by atoms with Crippen LogP contribution in [0.1, 0.15) is 50.7 Å². The summed E-state index contributed by atoms with van der Waals surface area (Å²) in [4.78, 5) is 27.1. The molecule has 0 amide bonds. The number of carbonyl (C=O) groups excluding carboxylic acids is 2. The largest absolute Gasteiger partial charge is 0.497 e. The van der Waals surface area contributed by atoms with Crippen LogP contribution in [0.25, 0.3) is 0 Å². The maximum atomic E-state index is 13.6. The number of esters is 1. The smallest absolute Gasteiger partial charge is 0.337 e. The number of hydrogen-bond acceptors (Lipinski definition) is 8. The first-order valence-electron chi connectivity index (χ1n) is 12.6. The number of dihydropyridines is 1. The van der Waals surface area contributed by atoms with Gasteiger partial charge in [0.1, 0.15) is 19.0 Å². The number of aliphatic hydroxyl groups excluding tert-OH is 1. The third-order valence-corrected chi connectivity index (χ3v) is 6.86.